The summed E-state index contributed by atoms with van der Waals surface area (Å²) in [7, 11) is 1.65. The molecular formula is C16H16N4O3. The molecule has 0 bridgehead atoms. The number of aliphatic carboxylic acids is 1. The molecule has 2 aromatic heterocycles. The summed E-state index contributed by atoms with van der Waals surface area (Å²) in [6.07, 6.45) is -0.0203. The average molecular weight is 312 g/mol. The van der Waals surface area contributed by atoms with Crippen LogP contribution in [0.25, 0.3) is 16.9 Å². The molecule has 118 valence electrons. The minimum Gasteiger partial charge on any atom is -0.481 e. The molecule has 7 heteroatoms. The molecule has 0 fully saturated rings. The third kappa shape index (κ3) is 2.61. The van der Waals surface area contributed by atoms with Gasteiger partial charge in [0.05, 0.1) is 17.8 Å². The van der Waals surface area contributed by atoms with E-state index in [1.54, 1.807) is 11.7 Å². The number of carboxylic acids is 1. The number of carbonyl (C=O) groups is 1. The molecule has 0 unspecified atom stereocenters. The van der Waals surface area contributed by atoms with Gasteiger partial charge in [-0.25, -0.2) is 9.67 Å². The number of para-hydroxylation sites is 1. The first-order chi connectivity index (χ1) is 11.0. The topological polar surface area (TPSA) is 90.0 Å². The summed E-state index contributed by atoms with van der Waals surface area (Å²) < 4.78 is 3.16. The Hall–Kier alpha value is -2.96. The van der Waals surface area contributed by atoms with Crippen molar-refractivity contribution >= 4 is 17.1 Å². The van der Waals surface area contributed by atoms with Crippen LogP contribution in [0, 0.1) is 6.92 Å². The van der Waals surface area contributed by atoms with Gasteiger partial charge in [0.25, 0.3) is 5.56 Å². The molecule has 0 radical (unpaired) electrons. The summed E-state index contributed by atoms with van der Waals surface area (Å²) in [5.74, 6) is -0.953. The predicted molar refractivity (Wildman–Crippen MR) is 84.8 cm³/mol. The molecule has 23 heavy (non-hydrogen) atoms. The fraction of sp³-hybridized carbons (Fsp3) is 0.250. The van der Waals surface area contributed by atoms with Crippen LogP contribution in [0.15, 0.2) is 35.1 Å². The molecule has 0 spiro atoms. The van der Waals surface area contributed by atoms with Gasteiger partial charge in [0.2, 0.25) is 0 Å². The van der Waals surface area contributed by atoms with Crippen molar-refractivity contribution < 1.29 is 9.90 Å². The Morgan fingerprint density at radius 3 is 2.61 bits per heavy atom. The van der Waals surface area contributed by atoms with Gasteiger partial charge in [0, 0.05) is 13.5 Å². The van der Waals surface area contributed by atoms with Gasteiger partial charge in [-0.2, -0.15) is 5.10 Å². The van der Waals surface area contributed by atoms with Crippen LogP contribution < -0.4 is 5.56 Å². The van der Waals surface area contributed by atoms with Crippen LogP contribution in [0.2, 0.25) is 0 Å². The van der Waals surface area contributed by atoms with E-state index in [-0.39, 0.29) is 24.1 Å². The van der Waals surface area contributed by atoms with E-state index in [9.17, 15) is 9.59 Å². The lowest BCUT2D eigenvalue weighted by Gasteiger charge is -2.08. The number of benzene rings is 1. The number of hydrogen-bond donors (Lipinski definition) is 1. The summed E-state index contributed by atoms with van der Waals surface area (Å²) in [5.41, 5.74) is 2.68. The van der Waals surface area contributed by atoms with E-state index in [2.05, 4.69) is 10.1 Å². The van der Waals surface area contributed by atoms with Crippen LogP contribution in [0.3, 0.4) is 0 Å². The van der Waals surface area contributed by atoms with Crippen molar-refractivity contribution in [2.24, 2.45) is 7.05 Å². The van der Waals surface area contributed by atoms with Crippen LogP contribution in [-0.2, 0) is 18.3 Å². The fourth-order valence-electron chi connectivity index (χ4n) is 2.55. The average Bonchev–Trinajstić information content (AvgIpc) is 2.87. The maximum absolute atomic E-state index is 12.5. The highest BCUT2D eigenvalue weighted by molar-refractivity contribution is 5.76. The molecule has 0 amide bonds. The van der Waals surface area contributed by atoms with Gasteiger partial charge in [-0.15, -0.1) is 0 Å². The van der Waals surface area contributed by atoms with Crippen molar-refractivity contribution in [2.75, 3.05) is 0 Å². The van der Waals surface area contributed by atoms with Crippen LogP contribution in [0.5, 0.6) is 0 Å². The van der Waals surface area contributed by atoms with E-state index in [1.165, 1.54) is 4.57 Å². The van der Waals surface area contributed by atoms with Gasteiger partial charge in [0.15, 0.2) is 5.65 Å². The second-order valence-corrected chi connectivity index (χ2v) is 5.32. The second kappa shape index (κ2) is 5.68. The third-order valence-corrected chi connectivity index (χ3v) is 3.70. The molecule has 0 aliphatic carbocycles. The first-order valence-electron chi connectivity index (χ1n) is 7.21. The van der Waals surface area contributed by atoms with Gasteiger partial charge < -0.3 is 5.11 Å². The van der Waals surface area contributed by atoms with E-state index >= 15 is 0 Å². The molecule has 2 heterocycles. The highest BCUT2D eigenvalue weighted by atomic mass is 16.4. The Morgan fingerprint density at radius 1 is 1.26 bits per heavy atom. The monoisotopic (exact) mass is 312 g/mol. The van der Waals surface area contributed by atoms with Crippen molar-refractivity contribution in [3.63, 3.8) is 0 Å². The summed E-state index contributed by atoms with van der Waals surface area (Å²) in [6.45, 7) is 1.82. The Balaban J connectivity index is 2.23. The number of aryl methyl sites for hydroxylation is 3. The lowest BCUT2D eigenvalue weighted by molar-refractivity contribution is -0.136. The number of rotatable bonds is 4. The molecular weight excluding hydrogens is 296 g/mol. The van der Waals surface area contributed by atoms with Gasteiger partial charge in [-0.05, 0) is 19.1 Å². The van der Waals surface area contributed by atoms with Crippen molar-refractivity contribution in [1.82, 2.24) is 19.3 Å². The van der Waals surface area contributed by atoms with Gasteiger partial charge in [-0.1, -0.05) is 18.2 Å². The lowest BCUT2D eigenvalue weighted by Crippen LogP contribution is -2.25. The van der Waals surface area contributed by atoms with Crippen molar-refractivity contribution in [2.45, 2.75) is 19.8 Å². The van der Waals surface area contributed by atoms with E-state index in [0.717, 1.165) is 5.69 Å². The smallest absolute Gasteiger partial charge is 0.303 e. The fourth-order valence-corrected chi connectivity index (χ4v) is 2.55. The van der Waals surface area contributed by atoms with Crippen LogP contribution in [-0.4, -0.2) is 30.4 Å². The van der Waals surface area contributed by atoms with Gasteiger partial charge in [0.1, 0.15) is 11.2 Å². The predicted octanol–water partition coefficient (Wildman–Crippen LogP) is 1.44. The molecule has 3 aromatic rings. The third-order valence-electron chi connectivity index (χ3n) is 3.70. The SMILES string of the molecule is Cc1nn(-c2ccccc2)c2c1nc(CCC(=O)O)c(=O)n2C. The summed E-state index contributed by atoms with van der Waals surface area (Å²) in [6, 6.07) is 9.49. The number of hydrogen-bond acceptors (Lipinski definition) is 4. The first kappa shape index (κ1) is 15.0. The van der Waals surface area contributed by atoms with E-state index in [0.29, 0.717) is 16.9 Å². The lowest BCUT2D eigenvalue weighted by atomic mass is 10.2. The molecule has 1 aromatic carbocycles. The maximum Gasteiger partial charge on any atom is 0.303 e. The molecule has 0 saturated carbocycles. The summed E-state index contributed by atoms with van der Waals surface area (Å²) in [5, 5.41) is 13.3. The Kier molecular flexibility index (Phi) is 3.69. The molecule has 3 rings (SSSR count). The first-order valence-corrected chi connectivity index (χ1v) is 7.21. The molecule has 0 aliphatic rings. The normalized spacial score (nSPS) is 11.0. The minimum atomic E-state index is -0.953. The highest BCUT2D eigenvalue weighted by Gasteiger charge is 2.17. The zero-order valence-corrected chi connectivity index (χ0v) is 12.9. The minimum absolute atomic E-state index is 0.105. The Labute approximate surface area is 131 Å². The van der Waals surface area contributed by atoms with E-state index < -0.39 is 5.97 Å². The standard InChI is InChI=1S/C16H16N4O3/c1-10-14-15(20(18-10)11-6-4-3-5-7-11)19(2)16(23)12(17-14)8-9-13(21)22/h3-7H,8-9H2,1-2H3,(H,21,22). The van der Waals surface area contributed by atoms with Crippen molar-refractivity contribution in [3.8, 4) is 5.69 Å². The van der Waals surface area contributed by atoms with Crippen LogP contribution in [0.1, 0.15) is 17.8 Å². The van der Waals surface area contributed by atoms with Crippen molar-refractivity contribution in [1.29, 1.82) is 0 Å². The highest BCUT2D eigenvalue weighted by Crippen LogP contribution is 2.19. The number of nitrogens with zero attached hydrogens (tertiary/aromatic N) is 4. The molecule has 1 N–H and O–H groups in total. The molecule has 0 atom stereocenters. The largest absolute Gasteiger partial charge is 0.481 e. The molecule has 0 saturated heterocycles. The van der Waals surface area contributed by atoms with E-state index in [1.807, 2.05) is 37.3 Å². The van der Waals surface area contributed by atoms with Crippen molar-refractivity contribution in [3.05, 3.63) is 52.1 Å². The van der Waals surface area contributed by atoms with Gasteiger partial charge in [-0.3, -0.25) is 14.2 Å². The zero-order chi connectivity index (χ0) is 16.6. The molecule has 7 nitrogen and oxygen atoms in total. The summed E-state index contributed by atoms with van der Waals surface area (Å²) in [4.78, 5) is 27.6. The quantitative estimate of drug-likeness (QED) is 0.787. The number of carboxylic acid groups (broad SMARTS) is 1. The van der Waals surface area contributed by atoms with Crippen LogP contribution >= 0.6 is 0 Å². The number of aromatic nitrogens is 4. The molecule has 0 aliphatic heterocycles. The Morgan fingerprint density at radius 2 is 1.96 bits per heavy atom. The van der Waals surface area contributed by atoms with Gasteiger partial charge >= 0.3 is 5.97 Å². The number of fused-ring (bicyclic) bond motifs is 1. The maximum atomic E-state index is 12.5. The zero-order valence-electron chi connectivity index (χ0n) is 12.9. The van der Waals surface area contributed by atoms with Crippen LogP contribution in [0.4, 0.5) is 0 Å². The second-order valence-electron chi connectivity index (χ2n) is 5.32. The Bertz CT molecular complexity index is 941. The van der Waals surface area contributed by atoms with E-state index in [4.69, 9.17) is 5.11 Å². The summed E-state index contributed by atoms with van der Waals surface area (Å²) >= 11 is 0.